The van der Waals surface area contributed by atoms with Crippen LogP contribution in [0.1, 0.15) is 51.2 Å². The third kappa shape index (κ3) is 5.25. The molecule has 0 saturated heterocycles. The predicted octanol–water partition coefficient (Wildman–Crippen LogP) is 4.24. The van der Waals surface area contributed by atoms with Crippen LogP contribution in [0, 0.1) is 5.41 Å². The number of esters is 1. The number of benzene rings is 1. The Bertz CT molecular complexity index is 443. The average molecular weight is 343 g/mol. The van der Waals surface area contributed by atoms with Crippen molar-refractivity contribution in [1.82, 2.24) is 0 Å². The lowest BCUT2D eigenvalue weighted by Gasteiger charge is -2.21. The summed E-state index contributed by atoms with van der Waals surface area (Å²) < 4.78 is 5.76. The number of halogens is 1. The SMILES string of the molecule is COC(=O)C(C)(C)CCCCC(O)c1cccc(Br)c1. The van der Waals surface area contributed by atoms with Gasteiger partial charge in [-0.2, -0.15) is 0 Å². The Balaban J connectivity index is 2.36. The van der Waals surface area contributed by atoms with Gasteiger partial charge in [0.05, 0.1) is 18.6 Å². The van der Waals surface area contributed by atoms with Crippen LogP contribution < -0.4 is 0 Å². The number of rotatable bonds is 7. The molecule has 1 unspecified atom stereocenters. The molecule has 0 aliphatic heterocycles. The van der Waals surface area contributed by atoms with Crippen molar-refractivity contribution in [1.29, 1.82) is 0 Å². The van der Waals surface area contributed by atoms with Gasteiger partial charge < -0.3 is 9.84 Å². The summed E-state index contributed by atoms with van der Waals surface area (Å²) in [5.41, 5.74) is 0.474. The van der Waals surface area contributed by atoms with Gasteiger partial charge in [-0.15, -0.1) is 0 Å². The molecular weight excluding hydrogens is 320 g/mol. The van der Waals surface area contributed by atoms with Gasteiger partial charge in [0, 0.05) is 4.47 Å². The topological polar surface area (TPSA) is 46.5 Å². The molecule has 0 aliphatic carbocycles. The number of aliphatic hydroxyl groups excluding tert-OH is 1. The molecule has 0 aromatic heterocycles. The fourth-order valence-electron chi connectivity index (χ4n) is 2.16. The van der Waals surface area contributed by atoms with Crippen LogP contribution in [-0.4, -0.2) is 18.2 Å². The predicted molar refractivity (Wildman–Crippen MR) is 83.4 cm³/mol. The number of hydrogen-bond acceptors (Lipinski definition) is 3. The van der Waals surface area contributed by atoms with Gasteiger partial charge >= 0.3 is 5.97 Å². The van der Waals surface area contributed by atoms with Crippen molar-refractivity contribution >= 4 is 21.9 Å². The zero-order valence-electron chi connectivity index (χ0n) is 12.4. The Morgan fingerprint density at radius 2 is 2.10 bits per heavy atom. The minimum absolute atomic E-state index is 0.176. The molecule has 1 aromatic carbocycles. The van der Waals surface area contributed by atoms with Crippen LogP contribution in [0.25, 0.3) is 0 Å². The maximum atomic E-state index is 11.5. The summed E-state index contributed by atoms with van der Waals surface area (Å²) in [4.78, 5) is 11.5. The van der Waals surface area contributed by atoms with E-state index in [-0.39, 0.29) is 5.97 Å². The zero-order chi connectivity index (χ0) is 15.2. The van der Waals surface area contributed by atoms with Gasteiger partial charge in [0.2, 0.25) is 0 Å². The average Bonchev–Trinajstić information content (AvgIpc) is 2.42. The summed E-state index contributed by atoms with van der Waals surface area (Å²) in [7, 11) is 1.42. The van der Waals surface area contributed by atoms with Crippen LogP contribution in [0.3, 0.4) is 0 Å². The summed E-state index contributed by atoms with van der Waals surface area (Å²) in [6.45, 7) is 3.78. The number of unbranched alkanes of at least 4 members (excludes halogenated alkanes) is 1. The van der Waals surface area contributed by atoms with Gasteiger partial charge in [0.25, 0.3) is 0 Å². The lowest BCUT2D eigenvalue weighted by molar-refractivity contribution is -0.151. The van der Waals surface area contributed by atoms with Gasteiger partial charge in [-0.25, -0.2) is 0 Å². The Kier molecular flexibility index (Phi) is 6.69. The summed E-state index contributed by atoms with van der Waals surface area (Å²) in [6.07, 6.45) is 2.80. The van der Waals surface area contributed by atoms with Crippen LogP contribution in [0.15, 0.2) is 28.7 Å². The van der Waals surface area contributed by atoms with Gasteiger partial charge in [-0.3, -0.25) is 4.79 Å². The quantitative estimate of drug-likeness (QED) is 0.595. The normalized spacial score (nSPS) is 13.1. The van der Waals surface area contributed by atoms with E-state index in [2.05, 4.69) is 15.9 Å². The highest BCUT2D eigenvalue weighted by Gasteiger charge is 2.27. The number of carbonyl (C=O) groups is 1. The van der Waals surface area contributed by atoms with E-state index in [1.54, 1.807) is 0 Å². The van der Waals surface area contributed by atoms with Gasteiger partial charge in [-0.1, -0.05) is 40.9 Å². The van der Waals surface area contributed by atoms with Crippen LogP contribution in [-0.2, 0) is 9.53 Å². The number of aliphatic hydroxyl groups is 1. The smallest absolute Gasteiger partial charge is 0.311 e. The van der Waals surface area contributed by atoms with Crippen LogP contribution in [0.4, 0.5) is 0 Å². The molecular formula is C16H23BrO3. The first-order valence-corrected chi connectivity index (χ1v) is 7.68. The Morgan fingerprint density at radius 3 is 2.70 bits per heavy atom. The molecule has 0 bridgehead atoms. The molecule has 0 spiro atoms. The second-order valence-corrected chi connectivity index (χ2v) is 6.61. The molecule has 20 heavy (non-hydrogen) atoms. The van der Waals surface area contributed by atoms with E-state index >= 15 is 0 Å². The largest absolute Gasteiger partial charge is 0.469 e. The van der Waals surface area contributed by atoms with Gasteiger partial charge in [-0.05, 0) is 44.4 Å². The Labute approximate surface area is 129 Å². The highest BCUT2D eigenvalue weighted by molar-refractivity contribution is 9.10. The molecule has 4 heteroatoms. The minimum atomic E-state index is -0.450. The van der Waals surface area contributed by atoms with Crippen molar-refractivity contribution in [3.8, 4) is 0 Å². The van der Waals surface area contributed by atoms with E-state index < -0.39 is 11.5 Å². The van der Waals surface area contributed by atoms with Crippen LogP contribution in [0.2, 0.25) is 0 Å². The van der Waals surface area contributed by atoms with E-state index in [0.29, 0.717) is 6.42 Å². The molecule has 1 rings (SSSR count). The number of carbonyl (C=O) groups excluding carboxylic acids is 1. The second kappa shape index (κ2) is 7.79. The van der Waals surface area contributed by atoms with Crippen molar-refractivity contribution in [3.63, 3.8) is 0 Å². The highest BCUT2D eigenvalue weighted by atomic mass is 79.9. The van der Waals surface area contributed by atoms with Crippen LogP contribution in [0.5, 0.6) is 0 Å². The molecule has 0 aliphatic rings. The molecule has 0 saturated carbocycles. The zero-order valence-corrected chi connectivity index (χ0v) is 13.9. The minimum Gasteiger partial charge on any atom is -0.469 e. The first-order chi connectivity index (χ1) is 9.36. The Morgan fingerprint density at radius 1 is 1.40 bits per heavy atom. The molecule has 1 N–H and O–H groups in total. The van der Waals surface area contributed by atoms with E-state index in [0.717, 1.165) is 29.3 Å². The van der Waals surface area contributed by atoms with Gasteiger partial charge in [0.1, 0.15) is 0 Å². The third-order valence-electron chi connectivity index (χ3n) is 3.50. The van der Waals surface area contributed by atoms with Gasteiger partial charge in [0.15, 0.2) is 0 Å². The summed E-state index contributed by atoms with van der Waals surface area (Å²) in [5.74, 6) is -0.176. The lowest BCUT2D eigenvalue weighted by atomic mass is 9.86. The first-order valence-electron chi connectivity index (χ1n) is 6.89. The summed E-state index contributed by atoms with van der Waals surface area (Å²) in [5, 5.41) is 10.1. The summed E-state index contributed by atoms with van der Waals surface area (Å²) in [6, 6.07) is 7.72. The fraction of sp³-hybridized carbons (Fsp3) is 0.562. The third-order valence-corrected chi connectivity index (χ3v) is 3.99. The Hall–Kier alpha value is -0.870. The lowest BCUT2D eigenvalue weighted by Crippen LogP contribution is -2.25. The van der Waals surface area contributed by atoms with E-state index in [9.17, 15) is 9.90 Å². The fourth-order valence-corrected chi connectivity index (χ4v) is 2.58. The van der Waals surface area contributed by atoms with E-state index in [1.807, 2.05) is 38.1 Å². The molecule has 0 radical (unpaired) electrons. The van der Waals surface area contributed by atoms with Crippen molar-refractivity contribution in [2.75, 3.05) is 7.11 Å². The standard InChI is InChI=1S/C16H23BrO3/c1-16(2,15(19)20-3)10-5-4-9-14(18)12-7-6-8-13(17)11-12/h6-8,11,14,18H,4-5,9-10H2,1-3H3. The molecule has 0 amide bonds. The molecule has 112 valence electrons. The highest BCUT2D eigenvalue weighted by Crippen LogP contribution is 2.27. The maximum absolute atomic E-state index is 11.5. The monoisotopic (exact) mass is 342 g/mol. The van der Waals surface area contributed by atoms with E-state index in [1.165, 1.54) is 7.11 Å². The molecule has 0 heterocycles. The number of hydrogen-bond donors (Lipinski definition) is 1. The number of methoxy groups -OCH3 is 1. The molecule has 0 fully saturated rings. The van der Waals surface area contributed by atoms with Crippen molar-refractivity contribution in [3.05, 3.63) is 34.3 Å². The summed E-state index contributed by atoms with van der Waals surface area (Å²) >= 11 is 3.40. The molecule has 3 nitrogen and oxygen atoms in total. The maximum Gasteiger partial charge on any atom is 0.311 e. The molecule has 1 aromatic rings. The van der Waals surface area contributed by atoms with Crippen molar-refractivity contribution < 1.29 is 14.6 Å². The van der Waals surface area contributed by atoms with Crippen molar-refractivity contribution in [2.24, 2.45) is 5.41 Å². The van der Waals surface area contributed by atoms with Crippen molar-refractivity contribution in [2.45, 2.75) is 45.6 Å². The van der Waals surface area contributed by atoms with E-state index in [4.69, 9.17) is 4.74 Å². The van der Waals surface area contributed by atoms with Crippen LogP contribution >= 0.6 is 15.9 Å². The first kappa shape index (κ1) is 17.2. The number of ether oxygens (including phenoxy) is 1. The second-order valence-electron chi connectivity index (χ2n) is 5.69. The molecule has 1 atom stereocenters.